The Bertz CT molecular complexity index is 179. The summed E-state index contributed by atoms with van der Waals surface area (Å²) in [5.74, 6) is 0. The van der Waals surface area contributed by atoms with Crippen molar-refractivity contribution in [1.82, 2.24) is 10.2 Å². The van der Waals surface area contributed by atoms with Crippen molar-refractivity contribution in [3.63, 3.8) is 0 Å². The SMILES string of the molecule is FC(F)CN1CCNCC1.NC1CCCCC1. The Morgan fingerprint density at radius 2 is 1.71 bits per heavy atom. The van der Waals surface area contributed by atoms with Crippen LogP contribution in [0.5, 0.6) is 0 Å². The monoisotopic (exact) mass is 249 g/mol. The maximum Gasteiger partial charge on any atom is 0.251 e. The molecular weight excluding hydrogens is 224 g/mol. The minimum Gasteiger partial charge on any atom is -0.328 e. The highest BCUT2D eigenvalue weighted by Crippen LogP contribution is 2.14. The number of rotatable bonds is 2. The fourth-order valence-electron chi connectivity index (χ4n) is 2.22. The molecule has 2 fully saturated rings. The number of hydrogen-bond acceptors (Lipinski definition) is 3. The number of nitrogens with zero attached hydrogens (tertiary/aromatic N) is 1. The maximum absolute atomic E-state index is 11.8. The van der Waals surface area contributed by atoms with Crippen molar-refractivity contribution in [1.29, 1.82) is 0 Å². The van der Waals surface area contributed by atoms with Crippen molar-refractivity contribution in [3.8, 4) is 0 Å². The van der Waals surface area contributed by atoms with Crippen LogP contribution in [0.1, 0.15) is 32.1 Å². The average molecular weight is 249 g/mol. The zero-order valence-electron chi connectivity index (χ0n) is 10.5. The topological polar surface area (TPSA) is 41.3 Å². The summed E-state index contributed by atoms with van der Waals surface area (Å²) in [6.07, 6.45) is 4.48. The standard InChI is InChI=1S/C6H12F2N2.C6H13N/c7-6(8)5-10-3-1-9-2-4-10;7-6-4-2-1-3-5-6/h6,9H,1-5H2;6H,1-5,7H2. The Morgan fingerprint density at radius 1 is 1.12 bits per heavy atom. The van der Waals surface area contributed by atoms with Gasteiger partial charge >= 0.3 is 0 Å². The second kappa shape index (κ2) is 8.78. The minimum atomic E-state index is -2.18. The van der Waals surface area contributed by atoms with Gasteiger partial charge in [0.1, 0.15) is 0 Å². The van der Waals surface area contributed by atoms with Crippen molar-refractivity contribution in [2.24, 2.45) is 5.73 Å². The Morgan fingerprint density at radius 3 is 2.12 bits per heavy atom. The Labute approximate surface area is 103 Å². The first kappa shape index (κ1) is 14.8. The average Bonchev–Trinajstić information content (AvgIpc) is 2.31. The van der Waals surface area contributed by atoms with Gasteiger partial charge in [0.2, 0.25) is 0 Å². The van der Waals surface area contributed by atoms with E-state index in [4.69, 9.17) is 5.73 Å². The zero-order chi connectivity index (χ0) is 12.5. The molecule has 0 bridgehead atoms. The molecule has 0 unspecified atom stereocenters. The van der Waals surface area contributed by atoms with Gasteiger partial charge in [-0.1, -0.05) is 19.3 Å². The van der Waals surface area contributed by atoms with Crippen LogP contribution in [0.25, 0.3) is 0 Å². The van der Waals surface area contributed by atoms with Gasteiger partial charge in [-0.3, -0.25) is 4.90 Å². The lowest BCUT2D eigenvalue weighted by Crippen LogP contribution is -2.45. The smallest absolute Gasteiger partial charge is 0.251 e. The van der Waals surface area contributed by atoms with Crippen molar-refractivity contribution in [2.75, 3.05) is 32.7 Å². The molecule has 2 rings (SSSR count). The van der Waals surface area contributed by atoms with E-state index in [-0.39, 0.29) is 6.54 Å². The van der Waals surface area contributed by atoms with Crippen LogP contribution in [0.15, 0.2) is 0 Å². The van der Waals surface area contributed by atoms with Crippen LogP contribution < -0.4 is 11.1 Å². The molecule has 102 valence electrons. The fourth-order valence-corrected chi connectivity index (χ4v) is 2.22. The number of nitrogens with one attached hydrogen (secondary N) is 1. The molecule has 0 spiro atoms. The summed E-state index contributed by atoms with van der Waals surface area (Å²) >= 11 is 0. The van der Waals surface area contributed by atoms with Gasteiger partial charge in [-0.15, -0.1) is 0 Å². The highest BCUT2D eigenvalue weighted by molar-refractivity contribution is 4.67. The summed E-state index contributed by atoms with van der Waals surface area (Å²) in [7, 11) is 0. The van der Waals surface area contributed by atoms with Crippen molar-refractivity contribution >= 4 is 0 Å². The van der Waals surface area contributed by atoms with Gasteiger partial charge in [0, 0.05) is 32.2 Å². The molecule has 0 aromatic carbocycles. The van der Waals surface area contributed by atoms with Gasteiger partial charge in [-0.2, -0.15) is 0 Å². The summed E-state index contributed by atoms with van der Waals surface area (Å²) in [6, 6.07) is 0.536. The third-order valence-corrected chi connectivity index (χ3v) is 3.26. The highest BCUT2D eigenvalue weighted by Gasteiger charge is 2.13. The van der Waals surface area contributed by atoms with Crippen LogP contribution >= 0.6 is 0 Å². The molecule has 3 N–H and O–H groups in total. The second-order valence-corrected chi connectivity index (χ2v) is 4.84. The van der Waals surface area contributed by atoms with E-state index in [1.54, 1.807) is 4.90 Å². The van der Waals surface area contributed by atoms with E-state index >= 15 is 0 Å². The summed E-state index contributed by atoms with van der Waals surface area (Å²) in [5.41, 5.74) is 5.63. The first-order valence-corrected chi connectivity index (χ1v) is 6.65. The largest absolute Gasteiger partial charge is 0.328 e. The van der Waals surface area contributed by atoms with Crippen LogP contribution in [0.2, 0.25) is 0 Å². The molecule has 2 aliphatic rings. The minimum absolute atomic E-state index is 0.0678. The number of halogens is 2. The molecule has 1 saturated carbocycles. The Balaban J connectivity index is 0.000000181. The van der Waals surface area contributed by atoms with Crippen LogP contribution in [-0.2, 0) is 0 Å². The van der Waals surface area contributed by atoms with Crippen LogP contribution in [0.3, 0.4) is 0 Å². The van der Waals surface area contributed by atoms with Gasteiger partial charge in [0.15, 0.2) is 0 Å². The van der Waals surface area contributed by atoms with E-state index in [1.165, 1.54) is 32.1 Å². The third-order valence-electron chi connectivity index (χ3n) is 3.26. The quantitative estimate of drug-likeness (QED) is 0.778. The molecule has 5 heteroatoms. The van der Waals surface area contributed by atoms with E-state index in [9.17, 15) is 8.78 Å². The summed E-state index contributed by atoms with van der Waals surface area (Å²) < 4.78 is 23.5. The predicted molar refractivity (Wildman–Crippen MR) is 66.4 cm³/mol. The van der Waals surface area contributed by atoms with Crippen LogP contribution in [0.4, 0.5) is 8.78 Å². The molecule has 17 heavy (non-hydrogen) atoms. The molecule has 0 aromatic rings. The van der Waals surface area contributed by atoms with E-state index in [0.717, 1.165) is 26.2 Å². The van der Waals surface area contributed by atoms with E-state index < -0.39 is 6.43 Å². The number of nitrogens with two attached hydrogens (primary N) is 1. The van der Waals surface area contributed by atoms with Crippen molar-refractivity contribution < 1.29 is 8.78 Å². The van der Waals surface area contributed by atoms with E-state index in [2.05, 4.69) is 5.32 Å². The molecular formula is C12H25F2N3. The normalized spacial score (nSPS) is 23.3. The summed E-state index contributed by atoms with van der Waals surface area (Å²) in [4.78, 5) is 1.78. The first-order chi connectivity index (χ1) is 8.18. The molecule has 0 aromatic heterocycles. The Hall–Kier alpha value is -0.260. The molecule has 1 saturated heterocycles. The van der Waals surface area contributed by atoms with E-state index in [1.807, 2.05) is 0 Å². The lowest BCUT2D eigenvalue weighted by Gasteiger charge is -2.26. The second-order valence-electron chi connectivity index (χ2n) is 4.84. The van der Waals surface area contributed by atoms with Gasteiger partial charge in [0.05, 0.1) is 6.54 Å². The molecule has 3 nitrogen and oxygen atoms in total. The molecule has 1 aliphatic carbocycles. The number of piperazine rings is 1. The first-order valence-electron chi connectivity index (χ1n) is 6.65. The van der Waals surface area contributed by atoms with Crippen molar-refractivity contribution in [3.05, 3.63) is 0 Å². The van der Waals surface area contributed by atoms with E-state index in [0.29, 0.717) is 6.04 Å². The summed E-state index contributed by atoms with van der Waals surface area (Å²) in [5, 5.41) is 3.10. The van der Waals surface area contributed by atoms with Crippen LogP contribution in [-0.4, -0.2) is 50.1 Å². The zero-order valence-corrected chi connectivity index (χ0v) is 10.5. The fraction of sp³-hybridized carbons (Fsp3) is 1.00. The third kappa shape index (κ3) is 7.63. The maximum atomic E-state index is 11.8. The predicted octanol–water partition coefficient (Wildman–Crippen LogP) is 1.43. The van der Waals surface area contributed by atoms with Gasteiger partial charge in [-0.05, 0) is 12.8 Å². The van der Waals surface area contributed by atoms with Gasteiger partial charge in [0.25, 0.3) is 6.43 Å². The number of alkyl halides is 2. The lowest BCUT2D eigenvalue weighted by molar-refractivity contribution is 0.0822. The Kier molecular flexibility index (Phi) is 7.64. The molecule has 0 radical (unpaired) electrons. The van der Waals surface area contributed by atoms with Gasteiger partial charge < -0.3 is 11.1 Å². The van der Waals surface area contributed by atoms with Crippen LogP contribution in [0, 0.1) is 0 Å². The molecule has 0 atom stereocenters. The summed E-state index contributed by atoms with van der Waals surface area (Å²) in [6.45, 7) is 3.12. The number of hydrogen-bond donors (Lipinski definition) is 2. The molecule has 0 amide bonds. The van der Waals surface area contributed by atoms with Crippen molar-refractivity contribution in [2.45, 2.75) is 44.6 Å². The lowest BCUT2D eigenvalue weighted by atomic mass is 9.97. The molecule has 1 heterocycles. The molecule has 1 aliphatic heterocycles. The van der Waals surface area contributed by atoms with Gasteiger partial charge in [-0.25, -0.2) is 8.78 Å². The highest BCUT2D eigenvalue weighted by atomic mass is 19.3.